The predicted molar refractivity (Wildman–Crippen MR) is 75.3 cm³/mol. The Morgan fingerprint density at radius 3 is 3.00 bits per heavy atom. The first-order valence-electron chi connectivity index (χ1n) is 6.22. The molecule has 1 saturated heterocycles. The monoisotopic (exact) mass is 297 g/mol. The van der Waals surface area contributed by atoms with E-state index in [1.54, 1.807) is 0 Å². The smallest absolute Gasteiger partial charge is 0.143 e. The molecule has 0 saturated carbocycles. The first-order valence-corrected chi connectivity index (χ1v) is 7.01. The zero-order chi connectivity index (χ0) is 12.4. The largest absolute Gasteiger partial charge is 0.351 e. The second-order valence-electron chi connectivity index (χ2n) is 4.93. The molecule has 2 N–H and O–H groups in total. The Bertz CT molecular complexity index is 394. The second-order valence-corrected chi connectivity index (χ2v) is 5.79. The summed E-state index contributed by atoms with van der Waals surface area (Å²) in [6.07, 6.45) is 4.41. The van der Waals surface area contributed by atoms with E-state index in [2.05, 4.69) is 45.7 Å². The fourth-order valence-electron chi connectivity index (χ4n) is 2.61. The maximum absolute atomic E-state index is 5.92. The fraction of sp³-hybridized carbons (Fsp3) is 0.615. The molecular formula is C13H20BrN3. The topological polar surface area (TPSA) is 42.2 Å². The summed E-state index contributed by atoms with van der Waals surface area (Å²) in [4.78, 5) is 6.92. The molecule has 1 fully saturated rings. The summed E-state index contributed by atoms with van der Waals surface area (Å²) in [5.74, 6) is 1.68. The van der Waals surface area contributed by atoms with E-state index < -0.39 is 0 Å². The number of piperidine rings is 1. The third-order valence-corrected chi connectivity index (χ3v) is 4.17. The molecule has 1 aromatic rings. The standard InChI is InChI=1S/C13H20BrN3/c1-9-6-11(14)13(16-8-9)17-5-3-4-10(2)12(17)7-15/h6,8,10,12H,3-5,7,15H2,1-2H3. The number of pyridine rings is 1. The highest BCUT2D eigenvalue weighted by Gasteiger charge is 2.29. The molecule has 0 bridgehead atoms. The average Bonchev–Trinajstić information content (AvgIpc) is 2.29. The van der Waals surface area contributed by atoms with Crippen LogP contribution < -0.4 is 10.6 Å². The third kappa shape index (κ3) is 2.63. The summed E-state index contributed by atoms with van der Waals surface area (Å²) < 4.78 is 1.07. The van der Waals surface area contributed by atoms with Crippen LogP contribution >= 0.6 is 15.9 Å². The van der Waals surface area contributed by atoms with E-state index in [-0.39, 0.29) is 0 Å². The minimum atomic E-state index is 0.412. The Morgan fingerprint density at radius 1 is 1.59 bits per heavy atom. The van der Waals surface area contributed by atoms with E-state index in [1.165, 1.54) is 18.4 Å². The minimum absolute atomic E-state index is 0.412. The van der Waals surface area contributed by atoms with Crippen molar-refractivity contribution in [2.75, 3.05) is 18.0 Å². The Kier molecular flexibility index (Phi) is 4.05. The quantitative estimate of drug-likeness (QED) is 0.913. The number of anilines is 1. The molecule has 0 spiro atoms. The molecule has 0 aromatic carbocycles. The van der Waals surface area contributed by atoms with Gasteiger partial charge in [-0.3, -0.25) is 0 Å². The summed E-state index contributed by atoms with van der Waals surface area (Å²) in [5, 5.41) is 0. The van der Waals surface area contributed by atoms with Gasteiger partial charge in [0.15, 0.2) is 0 Å². The second kappa shape index (κ2) is 5.36. The zero-order valence-electron chi connectivity index (χ0n) is 10.5. The van der Waals surface area contributed by atoms with Crippen molar-refractivity contribution < 1.29 is 0 Å². The van der Waals surface area contributed by atoms with Crippen molar-refractivity contribution in [1.82, 2.24) is 4.98 Å². The van der Waals surface area contributed by atoms with Gasteiger partial charge in [0.05, 0.1) is 4.47 Å². The predicted octanol–water partition coefficient (Wildman–Crippen LogP) is 2.72. The van der Waals surface area contributed by atoms with E-state index in [0.29, 0.717) is 18.5 Å². The van der Waals surface area contributed by atoms with E-state index in [1.807, 2.05) is 6.20 Å². The van der Waals surface area contributed by atoms with Crippen LogP contribution in [0.2, 0.25) is 0 Å². The molecule has 1 aliphatic rings. The summed E-state index contributed by atoms with van der Waals surface area (Å²) >= 11 is 3.61. The van der Waals surface area contributed by atoms with E-state index in [4.69, 9.17) is 5.73 Å². The molecule has 3 nitrogen and oxygen atoms in total. The average molecular weight is 298 g/mol. The van der Waals surface area contributed by atoms with Gasteiger partial charge in [-0.2, -0.15) is 0 Å². The number of aryl methyl sites for hydroxylation is 1. The first-order chi connectivity index (χ1) is 8.13. The highest BCUT2D eigenvalue weighted by molar-refractivity contribution is 9.10. The number of nitrogens with two attached hydrogens (primary N) is 1. The van der Waals surface area contributed by atoms with Crippen LogP contribution in [0.4, 0.5) is 5.82 Å². The van der Waals surface area contributed by atoms with Gasteiger partial charge in [0.25, 0.3) is 0 Å². The number of hydrogen-bond acceptors (Lipinski definition) is 3. The summed E-state index contributed by atoms with van der Waals surface area (Å²) in [7, 11) is 0. The van der Waals surface area contributed by atoms with Gasteiger partial charge in [-0.05, 0) is 53.2 Å². The van der Waals surface area contributed by atoms with Crippen molar-refractivity contribution in [3.05, 3.63) is 22.3 Å². The van der Waals surface area contributed by atoms with Crippen molar-refractivity contribution in [2.24, 2.45) is 11.7 Å². The normalized spacial score (nSPS) is 25.1. The van der Waals surface area contributed by atoms with Gasteiger partial charge in [-0.15, -0.1) is 0 Å². The van der Waals surface area contributed by atoms with Crippen LogP contribution in [-0.4, -0.2) is 24.1 Å². The van der Waals surface area contributed by atoms with Crippen LogP contribution in [0.1, 0.15) is 25.3 Å². The summed E-state index contributed by atoms with van der Waals surface area (Å²) in [6.45, 7) is 6.09. The fourth-order valence-corrected chi connectivity index (χ4v) is 3.30. The molecule has 2 heterocycles. The van der Waals surface area contributed by atoms with Crippen LogP contribution in [0, 0.1) is 12.8 Å². The molecule has 0 radical (unpaired) electrons. The summed E-state index contributed by atoms with van der Waals surface area (Å²) in [5.41, 5.74) is 7.09. The lowest BCUT2D eigenvalue weighted by Gasteiger charge is -2.40. The van der Waals surface area contributed by atoms with Gasteiger partial charge in [0.2, 0.25) is 0 Å². The lowest BCUT2D eigenvalue weighted by molar-refractivity contribution is 0.347. The van der Waals surface area contributed by atoms with E-state index >= 15 is 0 Å². The van der Waals surface area contributed by atoms with Crippen LogP contribution in [0.5, 0.6) is 0 Å². The van der Waals surface area contributed by atoms with Gasteiger partial charge in [0, 0.05) is 25.3 Å². The Labute approximate surface area is 112 Å². The first kappa shape index (κ1) is 12.8. The van der Waals surface area contributed by atoms with Crippen molar-refractivity contribution in [3.8, 4) is 0 Å². The lowest BCUT2D eigenvalue weighted by Crippen LogP contribution is -2.49. The molecule has 2 atom stereocenters. The van der Waals surface area contributed by atoms with Crippen LogP contribution in [0.15, 0.2) is 16.7 Å². The molecule has 4 heteroatoms. The SMILES string of the molecule is Cc1cnc(N2CCCC(C)C2CN)c(Br)c1. The van der Waals surface area contributed by atoms with E-state index in [0.717, 1.165) is 16.8 Å². The Hall–Kier alpha value is -0.610. The molecule has 0 amide bonds. The van der Waals surface area contributed by atoms with Crippen molar-refractivity contribution >= 4 is 21.7 Å². The number of nitrogens with zero attached hydrogens (tertiary/aromatic N) is 2. The molecular weight excluding hydrogens is 278 g/mol. The molecule has 17 heavy (non-hydrogen) atoms. The molecule has 0 aliphatic carbocycles. The van der Waals surface area contributed by atoms with E-state index in [9.17, 15) is 0 Å². The van der Waals surface area contributed by atoms with Gasteiger partial charge >= 0.3 is 0 Å². The van der Waals surface area contributed by atoms with Crippen LogP contribution in [0.3, 0.4) is 0 Å². The maximum Gasteiger partial charge on any atom is 0.143 e. The third-order valence-electron chi connectivity index (χ3n) is 3.59. The minimum Gasteiger partial charge on any atom is -0.351 e. The number of aromatic nitrogens is 1. The van der Waals surface area contributed by atoms with Crippen LogP contribution in [-0.2, 0) is 0 Å². The zero-order valence-corrected chi connectivity index (χ0v) is 12.1. The van der Waals surface area contributed by atoms with Crippen molar-refractivity contribution in [1.29, 1.82) is 0 Å². The Morgan fingerprint density at radius 2 is 2.35 bits per heavy atom. The number of rotatable bonds is 2. The number of halogens is 1. The van der Waals surface area contributed by atoms with Crippen LogP contribution in [0.25, 0.3) is 0 Å². The van der Waals surface area contributed by atoms with Crippen molar-refractivity contribution in [2.45, 2.75) is 32.7 Å². The molecule has 1 aromatic heterocycles. The number of hydrogen-bond donors (Lipinski definition) is 1. The lowest BCUT2D eigenvalue weighted by atomic mass is 9.91. The summed E-state index contributed by atoms with van der Waals surface area (Å²) in [6, 6.07) is 2.53. The highest BCUT2D eigenvalue weighted by atomic mass is 79.9. The van der Waals surface area contributed by atoms with Gasteiger partial charge in [-0.25, -0.2) is 4.98 Å². The molecule has 94 valence electrons. The Balaban J connectivity index is 2.30. The molecule has 1 aliphatic heterocycles. The molecule has 2 rings (SSSR count). The highest BCUT2D eigenvalue weighted by Crippen LogP contribution is 2.31. The van der Waals surface area contributed by atoms with Gasteiger partial charge in [-0.1, -0.05) is 6.92 Å². The molecule has 2 unspecified atom stereocenters. The van der Waals surface area contributed by atoms with Gasteiger partial charge in [0.1, 0.15) is 5.82 Å². The van der Waals surface area contributed by atoms with Gasteiger partial charge < -0.3 is 10.6 Å². The maximum atomic E-state index is 5.92. The van der Waals surface area contributed by atoms with Crippen molar-refractivity contribution in [3.63, 3.8) is 0 Å².